The number of hydrogen-bond donors (Lipinski definition) is 2. The number of nitrogens with zero attached hydrogens (tertiary/aromatic N) is 6. The molecule has 0 radical (unpaired) electrons. The van der Waals surface area contributed by atoms with E-state index in [1.54, 1.807) is 31.9 Å². The highest BCUT2D eigenvalue weighted by Crippen LogP contribution is 2.31. The quantitative estimate of drug-likeness (QED) is 0.285. The zero-order valence-corrected chi connectivity index (χ0v) is 18.8. The molecule has 0 saturated heterocycles. The van der Waals surface area contributed by atoms with Crippen molar-refractivity contribution in [3.63, 3.8) is 0 Å². The average Bonchev–Trinajstić information content (AvgIpc) is 3.51. The Labute approximate surface area is 191 Å². The number of amides is 1. The highest BCUT2D eigenvalue weighted by molar-refractivity contribution is 7.19. The second-order valence-corrected chi connectivity index (χ2v) is 8.59. The first kappa shape index (κ1) is 20.8. The first-order valence-electron chi connectivity index (χ1n) is 10.2. The van der Waals surface area contributed by atoms with Gasteiger partial charge < -0.3 is 9.88 Å². The largest absolute Gasteiger partial charge is 0.335 e. The second-order valence-electron chi connectivity index (χ2n) is 7.51. The van der Waals surface area contributed by atoms with Crippen molar-refractivity contribution in [2.45, 2.75) is 13.0 Å². The number of allylic oxidation sites excluding steroid dienone is 1. The van der Waals surface area contributed by atoms with Crippen molar-refractivity contribution in [3.8, 4) is 0 Å². The maximum atomic E-state index is 13.3. The standard InChI is InChI=1S/C22H20N8O2S/c1-23-7-13(8-24-12-31)6-18-27-21-20(33-18)16-10-26-30(22(32)19(16)29(21)2)11-14-4-3-5-17-15(14)9-25-28-17/h3-5,7-10,12H,6,11H2,1-2H3,(H,24,31)(H,25,28). The van der Waals surface area contributed by atoms with E-state index in [9.17, 15) is 9.59 Å². The lowest BCUT2D eigenvalue weighted by atomic mass is 10.1. The Balaban J connectivity index is 1.54. The Morgan fingerprint density at radius 1 is 1.30 bits per heavy atom. The summed E-state index contributed by atoms with van der Waals surface area (Å²) in [5.41, 5.74) is 3.83. The molecule has 4 heterocycles. The summed E-state index contributed by atoms with van der Waals surface area (Å²) < 4.78 is 4.20. The van der Waals surface area contributed by atoms with Crippen LogP contribution in [0.25, 0.3) is 32.2 Å². The summed E-state index contributed by atoms with van der Waals surface area (Å²) in [6, 6.07) is 5.85. The topological polar surface area (TPSA) is 123 Å². The van der Waals surface area contributed by atoms with Crippen LogP contribution in [0.3, 0.4) is 0 Å². The Morgan fingerprint density at radius 2 is 2.18 bits per heavy atom. The molecule has 5 aromatic rings. The third kappa shape index (κ3) is 3.61. The molecule has 0 unspecified atom stereocenters. The van der Waals surface area contributed by atoms with E-state index < -0.39 is 0 Å². The van der Waals surface area contributed by atoms with Crippen molar-refractivity contribution >= 4 is 56.1 Å². The molecule has 0 spiro atoms. The second kappa shape index (κ2) is 8.43. The molecular weight excluding hydrogens is 440 g/mol. The lowest BCUT2D eigenvalue weighted by Crippen LogP contribution is -2.24. The molecule has 11 heteroatoms. The van der Waals surface area contributed by atoms with Crippen LogP contribution in [-0.4, -0.2) is 49.2 Å². The van der Waals surface area contributed by atoms with Gasteiger partial charge in [0.25, 0.3) is 5.56 Å². The molecule has 1 aromatic carbocycles. The molecule has 1 amide bonds. The van der Waals surface area contributed by atoms with Crippen LogP contribution < -0.4 is 10.9 Å². The van der Waals surface area contributed by atoms with Gasteiger partial charge in [0.1, 0.15) is 10.5 Å². The van der Waals surface area contributed by atoms with Gasteiger partial charge in [-0.15, -0.1) is 11.3 Å². The summed E-state index contributed by atoms with van der Waals surface area (Å²) in [6.45, 7) is 0.345. The maximum absolute atomic E-state index is 13.3. The molecule has 0 saturated carbocycles. The number of benzene rings is 1. The molecule has 0 aliphatic heterocycles. The van der Waals surface area contributed by atoms with Gasteiger partial charge in [-0.25, -0.2) is 9.67 Å². The minimum atomic E-state index is -0.170. The predicted octanol–water partition coefficient (Wildman–Crippen LogP) is 2.14. The SMILES string of the molecule is CN=CC(=CNC=O)Cc1nc2c(s1)c1cnn(Cc3cccc4[nH]ncc34)c(=O)c1n2C. The number of thiazole rings is 1. The molecule has 4 aromatic heterocycles. The van der Waals surface area contributed by atoms with Crippen LogP contribution in [0, 0.1) is 0 Å². The fourth-order valence-corrected chi connectivity index (χ4v) is 5.10. The molecule has 0 aliphatic carbocycles. The van der Waals surface area contributed by atoms with Crippen LogP contribution in [-0.2, 0) is 24.8 Å². The van der Waals surface area contributed by atoms with E-state index in [1.807, 2.05) is 29.8 Å². The number of aryl methyl sites for hydroxylation is 1. The van der Waals surface area contributed by atoms with Gasteiger partial charge in [-0.2, -0.15) is 10.2 Å². The Kier molecular flexibility index (Phi) is 5.31. The number of rotatable bonds is 7. The molecule has 0 atom stereocenters. The number of H-pyrrole nitrogens is 1. The highest BCUT2D eigenvalue weighted by Gasteiger charge is 2.19. The van der Waals surface area contributed by atoms with Crippen molar-refractivity contribution in [1.82, 2.24) is 34.8 Å². The summed E-state index contributed by atoms with van der Waals surface area (Å²) in [7, 11) is 3.51. The summed E-state index contributed by atoms with van der Waals surface area (Å²) in [5.74, 6) is 0. The van der Waals surface area contributed by atoms with Crippen molar-refractivity contribution in [1.29, 1.82) is 0 Å². The van der Waals surface area contributed by atoms with E-state index in [0.717, 1.165) is 42.8 Å². The molecular formula is C22H20N8O2S. The number of aromatic amines is 1. The van der Waals surface area contributed by atoms with E-state index in [1.165, 1.54) is 16.0 Å². The Morgan fingerprint density at radius 3 is 3.00 bits per heavy atom. The van der Waals surface area contributed by atoms with Crippen LogP contribution in [0.5, 0.6) is 0 Å². The van der Waals surface area contributed by atoms with E-state index in [4.69, 9.17) is 4.98 Å². The Hall–Kier alpha value is -4.12. The van der Waals surface area contributed by atoms with Gasteiger partial charge in [0.2, 0.25) is 6.41 Å². The minimum absolute atomic E-state index is 0.170. The highest BCUT2D eigenvalue weighted by atomic mass is 32.1. The van der Waals surface area contributed by atoms with Crippen molar-refractivity contribution in [2.75, 3.05) is 7.05 Å². The lowest BCUT2D eigenvalue weighted by molar-refractivity contribution is -0.108. The van der Waals surface area contributed by atoms with Gasteiger partial charge in [0.05, 0.1) is 29.2 Å². The van der Waals surface area contributed by atoms with Crippen LogP contribution >= 0.6 is 11.3 Å². The fraction of sp³-hybridized carbons (Fsp3) is 0.182. The van der Waals surface area contributed by atoms with E-state index >= 15 is 0 Å². The van der Waals surface area contributed by atoms with Crippen LogP contribution in [0.4, 0.5) is 0 Å². The van der Waals surface area contributed by atoms with Gasteiger partial charge >= 0.3 is 0 Å². The molecule has 0 fully saturated rings. The van der Waals surface area contributed by atoms with Crippen molar-refractivity contribution < 1.29 is 4.79 Å². The number of aliphatic imine (C=N–C) groups is 1. The number of hydrogen-bond acceptors (Lipinski definition) is 7. The summed E-state index contributed by atoms with van der Waals surface area (Å²) in [4.78, 5) is 32.7. The Bertz CT molecular complexity index is 1620. The monoisotopic (exact) mass is 460 g/mol. The molecule has 0 bridgehead atoms. The summed E-state index contributed by atoms with van der Waals surface area (Å²) >= 11 is 1.51. The first-order valence-corrected chi connectivity index (χ1v) is 11.0. The third-order valence-electron chi connectivity index (χ3n) is 5.45. The average molecular weight is 461 g/mol. The van der Waals surface area contributed by atoms with Crippen LogP contribution in [0.1, 0.15) is 10.6 Å². The van der Waals surface area contributed by atoms with E-state index in [0.29, 0.717) is 24.9 Å². The third-order valence-corrected chi connectivity index (χ3v) is 6.53. The molecule has 5 rings (SSSR count). The summed E-state index contributed by atoms with van der Waals surface area (Å²) in [6.07, 6.45) is 7.90. The maximum Gasteiger partial charge on any atom is 0.291 e. The first-order chi connectivity index (χ1) is 16.1. The normalized spacial score (nSPS) is 12.5. The van der Waals surface area contributed by atoms with Crippen molar-refractivity contribution in [2.24, 2.45) is 12.0 Å². The molecule has 166 valence electrons. The molecule has 33 heavy (non-hydrogen) atoms. The molecule has 2 N–H and O–H groups in total. The zero-order valence-electron chi connectivity index (χ0n) is 17.9. The van der Waals surface area contributed by atoms with Gasteiger partial charge in [-0.1, -0.05) is 12.1 Å². The minimum Gasteiger partial charge on any atom is -0.335 e. The zero-order chi connectivity index (χ0) is 22.9. The van der Waals surface area contributed by atoms with Crippen LogP contribution in [0.15, 0.2) is 52.2 Å². The number of nitrogens with one attached hydrogen (secondary N) is 2. The number of carbonyl (C=O) groups is 1. The fourth-order valence-electron chi connectivity index (χ4n) is 3.96. The van der Waals surface area contributed by atoms with E-state index in [-0.39, 0.29) is 5.56 Å². The smallest absolute Gasteiger partial charge is 0.291 e. The number of aromatic nitrogens is 6. The van der Waals surface area contributed by atoms with Gasteiger partial charge in [-0.05, 0) is 17.2 Å². The van der Waals surface area contributed by atoms with Gasteiger partial charge in [-0.3, -0.25) is 19.7 Å². The number of fused-ring (bicyclic) bond motifs is 4. The summed E-state index contributed by atoms with van der Waals surface area (Å²) in [5, 5.41) is 16.6. The van der Waals surface area contributed by atoms with Crippen molar-refractivity contribution in [3.05, 3.63) is 63.3 Å². The number of carbonyl (C=O) groups excluding carboxylic acids is 1. The van der Waals surface area contributed by atoms with Gasteiger partial charge in [0, 0.05) is 43.7 Å². The van der Waals surface area contributed by atoms with Gasteiger partial charge in [0.15, 0.2) is 5.65 Å². The molecule has 10 nitrogen and oxygen atoms in total. The predicted molar refractivity (Wildman–Crippen MR) is 129 cm³/mol. The van der Waals surface area contributed by atoms with E-state index in [2.05, 4.69) is 25.6 Å². The van der Waals surface area contributed by atoms with Crippen LogP contribution in [0.2, 0.25) is 0 Å². The lowest BCUT2D eigenvalue weighted by Gasteiger charge is -2.07. The molecule has 0 aliphatic rings.